The van der Waals surface area contributed by atoms with Crippen molar-refractivity contribution in [2.75, 3.05) is 19.6 Å². The number of hydrogen-bond donors (Lipinski definition) is 1. The van der Waals surface area contributed by atoms with Gasteiger partial charge in [0.2, 0.25) is 10.0 Å². The summed E-state index contributed by atoms with van der Waals surface area (Å²) in [4.78, 5) is 6.96. The lowest BCUT2D eigenvalue weighted by Gasteiger charge is -2.32. The van der Waals surface area contributed by atoms with Gasteiger partial charge in [-0.1, -0.05) is 48.5 Å². The Morgan fingerprint density at radius 2 is 1.71 bits per heavy atom. The first-order valence-corrected chi connectivity index (χ1v) is 11.2. The molecule has 1 fully saturated rings. The molecule has 2 heterocycles. The fourth-order valence-electron chi connectivity index (χ4n) is 3.79. The molecule has 0 unspecified atom stereocenters. The second-order valence-corrected chi connectivity index (χ2v) is 9.12. The third kappa shape index (κ3) is 4.41. The van der Waals surface area contributed by atoms with E-state index in [0.717, 1.165) is 37.9 Å². The number of nitrogens with one attached hydrogen (secondary N) is 1. The molecule has 2 aromatic carbocycles. The van der Waals surface area contributed by atoms with Gasteiger partial charge >= 0.3 is 0 Å². The quantitative estimate of drug-likeness (QED) is 0.695. The van der Waals surface area contributed by atoms with Gasteiger partial charge < -0.3 is 0 Å². The molecule has 1 aliphatic rings. The number of rotatable bonds is 6. The number of sulfonamides is 1. The second-order valence-electron chi connectivity index (χ2n) is 7.39. The molecule has 0 spiro atoms. The van der Waals surface area contributed by atoms with Crippen LogP contribution in [0.4, 0.5) is 0 Å². The number of fused-ring (bicyclic) bond motifs is 1. The van der Waals surface area contributed by atoms with Crippen molar-refractivity contribution in [3.8, 4) is 0 Å². The number of hydrogen-bond acceptors (Lipinski definition) is 4. The molecule has 0 bridgehead atoms. The Morgan fingerprint density at radius 1 is 0.964 bits per heavy atom. The predicted octanol–water partition coefficient (Wildman–Crippen LogP) is 3.43. The number of piperidine rings is 1. The van der Waals surface area contributed by atoms with E-state index in [9.17, 15) is 8.42 Å². The number of likely N-dealkylation sites (tertiary alicyclic amines) is 1. The summed E-state index contributed by atoms with van der Waals surface area (Å²) in [5, 5.41) is 0.833. The van der Waals surface area contributed by atoms with E-state index in [-0.39, 0.29) is 4.90 Å². The molecule has 146 valence electrons. The van der Waals surface area contributed by atoms with Crippen molar-refractivity contribution in [1.29, 1.82) is 0 Å². The van der Waals surface area contributed by atoms with Gasteiger partial charge in [0.25, 0.3) is 0 Å². The smallest absolute Gasteiger partial charge is 0.242 e. The van der Waals surface area contributed by atoms with Crippen molar-refractivity contribution >= 4 is 20.9 Å². The normalized spacial score (nSPS) is 16.4. The Labute approximate surface area is 166 Å². The van der Waals surface area contributed by atoms with Crippen molar-refractivity contribution in [2.45, 2.75) is 24.3 Å². The van der Waals surface area contributed by atoms with Crippen molar-refractivity contribution in [3.63, 3.8) is 0 Å². The predicted molar refractivity (Wildman–Crippen MR) is 111 cm³/mol. The zero-order valence-corrected chi connectivity index (χ0v) is 16.6. The van der Waals surface area contributed by atoms with Gasteiger partial charge in [-0.15, -0.1) is 0 Å². The van der Waals surface area contributed by atoms with Crippen LogP contribution in [0, 0.1) is 5.92 Å². The summed E-state index contributed by atoms with van der Waals surface area (Å²) in [6, 6.07) is 19.4. The van der Waals surface area contributed by atoms with Crippen LogP contribution in [0.25, 0.3) is 10.9 Å². The zero-order chi connectivity index (χ0) is 19.4. The lowest BCUT2D eigenvalue weighted by Crippen LogP contribution is -2.38. The van der Waals surface area contributed by atoms with Crippen LogP contribution in [-0.2, 0) is 16.6 Å². The molecule has 6 heteroatoms. The third-order valence-electron chi connectivity index (χ3n) is 5.40. The minimum Gasteiger partial charge on any atom is -0.299 e. The van der Waals surface area contributed by atoms with Gasteiger partial charge in [0.05, 0.1) is 5.52 Å². The standard InChI is InChI=1S/C22H25N3O2S/c26-28(27,21-10-4-8-20-9-5-13-23-22(20)21)24-16-18-11-14-25(15-12-18)17-19-6-2-1-3-7-19/h1-10,13,18,24H,11-12,14-17H2. The zero-order valence-electron chi connectivity index (χ0n) is 15.8. The topological polar surface area (TPSA) is 62.3 Å². The lowest BCUT2D eigenvalue weighted by atomic mass is 9.97. The van der Waals surface area contributed by atoms with Gasteiger partial charge in [-0.3, -0.25) is 9.88 Å². The van der Waals surface area contributed by atoms with Gasteiger partial charge in [0, 0.05) is 24.7 Å². The molecule has 1 aliphatic heterocycles. The van der Waals surface area contributed by atoms with Gasteiger partial charge in [0.1, 0.15) is 4.90 Å². The fourth-order valence-corrected chi connectivity index (χ4v) is 5.08. The van der Waals surface area contributed by atoms with E-state index in [1.807, 2.05) is 24.3 Å². The molecule has 0 radical (unpaired) electrons. The van der Waals surface area contributed by atoms with Crippen LogP contribution in [0.2, 0.25) is 0 Å². The van der Waals surface area contributed by atoms with Crippen LogP contribution in [-0.4, -0.2) is 37.9 Å². The summed E-state index contributed by atoms with van der Waals surface area (Å²) in [5.41, 5.74) is 1.85. The van der Waals surface area contributed by atoms with Gasteiger partial charge in [-0.2, -0.15) is 0 Å². The minimum absolute atomic E-state index is 0.257. The summed E-state index contributed by atoms with van der Waals surface area (Å²) >= 11 is 0. The highest BCUT2D eigenvalue weighted by Crippen LogP contribution is 2.22. The van der Waals surface area contributed by atoms with E-state index >= 15 is 0 Å². The maximum absolute atomic E-state index is 12.8. The Kier molecular flexibility index (Phi) is 5.71. The first kappa shape index (κ1) is 19.1. The molecular weight excluding hydrogens is 370 g/mol. The highest BCUT2D eigenvalue weighted by atomic mass is 32.2. The van der Waals surface area contributed by atoms with E-state index in [4.69, 9.17) is 0 Å². The van der Waals surface area contributed by atoms with Crippen LogP contribution in [0.15, 0.2) is 71.8 Å². The minimum atomic E-state index is -3.57. The van der Waals surface area contributed by atoms with Crippen LogP contribution < -0.4 is 4.72 Å². The first-order chi connectivity index (χ1) is 13.6. The van der Waals surface area contributed by atoms with Crippen molar-refractivity contribution in [1.82, 2.24) is 14.6 Å². The molecule has 28 heavy (non-hydrogen) atoms. The van der Waals surface area contributed by atoms with Crippen LogP contribution in [0.3, 0.4) is 0 Å². The first-order valence-electron chi connectivity index (χ1n) is 9.71. The molecule has 1 N–H and O–H groups in total. The number of pyridine rings is 1. The average molecular weight is 396 g/mol. The number of para-hydroxylation sites is 1. The lowest BCUT2D eigenvalue weighted by molar-refractivity contribution is 0.178. The molecular formula is C22H25N3O2S. The summed E-state index contributed by atoms with van der Waals surface area (Å²) in [6.07, 6.45) is 3.64. The Balaban J connectivity index is 1.34. The van der Waals surface area contributed by atoms with E-state index in [2.05, 4.69) is 38.9 Å². The van der Waals surface area contributed by atoms with E-state index < -0.39 is 10.0 Å². The monoisotopic (exact) mass is 395 g/mol. The molecule has 5 nitrogen and oxygen atoms in total. The Morgan fingerprint density at radius 3 is 2.50 bits per heavy atom. The molecule has 3 aromatic rings. The number of benzene rings is 2. The summed E-state index contributed by atoms with van der Waals surface area (Å²) in [5.74, 6) is 0.365. The highest BCUT2D eigenvalue weighted by molar-refractivity contribution is 7.89. The third-order valence-corrected chi connectivity index (χ3v) is 6.86. The number of aromatic nitrogens is 1. The van der Waals surface area contributed by atoms with Crippen molar-refractivity contribution < 1.29 is 8.42 Å². The maximum atomic E-state index is 12.8. The molecule has 1 saturated heterocycles. The van der Waals surface area contributed by atoms with E-state index in [0.29, 0.717) is 18.0 Å². The summed E-state index contributed by atoms with van der Waals surface area (Å²) < 4.78 is 28.5. The SMILES string of the molecule is O=S(=O)(NCC1CCN(Cc2ccccc2)CC1)c1cccc2cccnc12. The highest BCUT2D eigenvalue weighted by Gasteiger charge is 2.23. The Hall–Kier alpha value is -2.28. The number of nitrogens with zero attached hydrogens (tertiary/aromatic N) is 2. The molecule has 0 saturated carbocycles. The largest absolute Gasteiger partial charge is 0.299 e. The molecule has 4 rings (SSSR count). The van der Waals surface area contributed by atoms with E-state index in [1.165, 1.54) is 5.56 Å². The average Bonchev–Trinajstić information content (AvgIpc) is 2.74. The van der Waals surface area contributed by atoms with E-state index in [1.54, 1.807) is 18.3 Å². The molecule has 0 aliphatic carbocycles. The fraction of sp³-hybridized carbons (Fsp3) is 0.318. The van der Waals surface area contributed by atoms with Gasteiger partial charge in [-0.25, -0.2) is 13.1 Å². The van der Waals surface area contributed by atoms with Crippen LogP contribution in [0.1, 0.15) is 18.4 Å². The summed E-state index contributed by atoms with van der Waals surface area (Å²) in [7, 11) is -3.57. The second kappa shape index (κ2) is 8.39. The summed E-state index contributed by atoms with van der Waals surface area (Å²) in [6.45, 7) is 3.43. The molecule has 0 amide bonds. The Bertz CT molecular complexity index is 1020. The van der Waals surface area contributed by atoms with Crippen molar-refractivity contribution in [2.24, 2.45) is 5.92 Å². The van der Waals surface area contributed by atoms with Gasteiger partial charge in [0.15, 0.2) is 0 Å². The van der Waals surface area contributed by atoms with Crippen LogP contribution >= 0.6 is 0 Å². The van der Waals surface area contributed by atoms with Crippen LogP contribution in [0.5, 0.6) is 0 Å². The molecule has 1 aromatic heterocycles. The molecule has 0 atom stereocenters. The maximum Gasteiger partial charge on any atom is 0.242 e. The van der Waals surface area contributed by atoms with Crippen molar-refractivity contribution in [3.05, 3.63) is 72.4 Å². The van der Waals surface area contributed by atoms with Gasteiger partial charge in [-0.05, 0) is 49.5 Å².